The quantitative estimate of drug-likeness (QED) is 0.715. The van der Waals surface area contributed by atoms with Crippen LogP contribution in [0.25, 0.3) is 11.4 Å². The van der Waals surface area contributed by atoms with Gasteiger partial charge in [-0.15, -0.1) is 5.10 Å². The van der Waals surface area contributed by atoms with Crippen molar-refractivity contribution in [3.8, 4) is 34.7 Å². The molecule has 2 aromatic carbocycles. The number of hydrogen-bond acceptors (Lipinski definition) is 7. The molecule has 1 heterocycles. The van der Waals surface area contributed by atoms with Crippen molar-refractivity contribution in [3.05, 3.63) is 47.5 Å². The molecule has 3 rings (SSSR count). The van der Waals surface area contributed by atoms with E-state index in [4.69, 9.17) is 25.2 Å². The number of aromatic nitrogens is 3. The van der Waals surface area contributed by atoms with E-state index in [0.29, 0.717) is 40.7 Å². The largest absolute Gasteiger partial charge is 0.493 e. The molecule has 1 aromatic heterocycles. The first kappa shape index (κ1) is 18.1. The van der Waals surface area contributed by atoms with Crippen LogP contribution < -0.4 is 19.9 Å². The highest BCUT2D eigenvalue weighted by atomic mass is 16.5. The van der Waals surface area contributed by atoms with Crippen molar-refractivity contribution in [1.82, 2.24) is 14.8 Å². The molecule has 0 fully saturated rings. The molecule has 0 saturated heterocycles. The molecule has 0 radical (unpaired) electrons. The monoisotopic (exact) mass is 365 g/mol. The Labute approximate surface area is 156 Å². The van der Waals surface area contributed by atoms with Crippen molar-refractivity contribution in [2.75, 3.05) is 27.1 Å². The molecule has 0 aliphatic carbocycles. The minimum absolute atomic E-state index is 0.265. The van der Waals surface area contributed by atoms with Gasteiger partial charge in [-0.25, -0.2) is 4.68 Å². The van der Waals surface area contributed by atoms with Gasteiger partial charge in [0.2, 0.25) is 11.7 Å². The maximum atomic E-state index is 9.03. The summed E-state index contributed by atoms with van der Waals surface area (Å²) < 4.78 is 17.6. The second kappa shape index (κ2) is 7.66. The lowest BCUT2D eigenvalue weighted by Gasteiger charge is -2.12. The molecule has 0 saturated carbocycles. The van der Waals surface area contributed by atoms with Crippen molar-refractivity contribution in [3.63, 3.8) is 0 Å². The second-order valence-electron chi connectivity index (χ2n) is 5.68. The van der Waals surface area contributed by atoms with Gasteiger partial charge in [0.1, 0.15) is 0 Å². The normalized spacial score (nSPS) is 10.3. The number of nitrogens with two attached hydrogens (primary N) is 1. The SMILES string of the molecule is COc1cc(-c2nc(N)n(Cc3cccc(C#N)c3)n2)cc(OC)c1OC. The predicted octanol–water partition coefficient (Wildman–Crippen LogP) is 2.47. The molecule has 2 N–H and O–H groups in total. The Kier molecular flexibility index (Phi) is 5.13. The summed E-state index contributed by atoms with van der Waals surface area (Å²) in [5.74, 6) is 2.20. The lowest BCUT2D eigenvalue weighted by atomic mass is 10.1. The van der Waals surface area contributed by atoms with Gasteiger partial charge < -0.3 is 19.9 Å². The highest BCUT2D eigenvalue weighted by Crippen LogP contribution is 2.40. The van der Waals surface area contributed by atoms with Gasteiger partial charge in [0.25, 0.3) is 0 Å². The number of benzene rings is 2. The second-order valence-corrected chi connectivity index (χ2v) is 5.68. The number of nitriles is 1. The Morgan fingerprint density at radius 2 is 1.78 bits per heavy atom. The van der Waals surface area contributed by atoms with Crippen LogP contribution in [0.4, 0.5) is 5.95 Å². The van der Waals surface area contributed by atoms with Gasteiger partial charge in [-0.3, -0.25) is 0 Å². The molecule has 0 amide bonds. The lowest BCUT2D eigenvalue weighted by molar-refractivity contribution is 0.324. The topological polar surface area (TPSA) is 108 Å². The van der Waals surface area contributed by atoms with Crippen molar-refractivity contribution < 1.29 is 14.2 Å². The molecule has 0 unspecified atom stereocenters. The molecule has 8 nitrogen and oxygen atoms in total. The van der Waals surface area contributed by atoms with Crippen molar-refractivity contribution >= 4 is 5.95 Å². The predicted molar refractivity (Wildman–Crippen MR) is 99.8 cm³/mol. The molecule has 27 heavy (non-hydrogen) atoms. The number of nitrogens with zero attached hydrogens (tertiary/aromatic N) is 4. The van der Waals surface area contributed by atoms with Crippen LogP contribution in [0.1, 0.15) is 11.1 Å². The molecule has 0 aliphatic rings. The Hall–Kier alpha value is -3.73. The Morgan fingerprint density at radius 1 is 1.07 bits per heavy atom. The van der Waals surface area contributed by atoms with E-state index in [0.717, 1.165) is 5.56 Å². The van der Waals surface area contributed by atoms with Crippen LogP contribution in [0, 0.1) is 11.3 Å². The van der Waals surface area contributed by atoms with Crippen LogP contribution in [0.15, 0.2) is 36.4 Å². The summed E-state index contributed by atoms with van der Waals surface area (Å²) in [5, 5.41) is 13.5. The zero-order valence-electron chi connectivity index (χ0n) is 15.3. The summed E-state index contributed by atoms with van der Waals surface area (Å²) >= 11 is 0. The number of ether oxygens (including phenoxy) is 3. The summed E-state index contributed by atoms with van der Waals surface area (Å²) in [4.78, 5) is 4.34. The molecular formula is C19H19N5O3. The number of rotatable bonds is 6. The number of methoxy groups -OCH3 is 3. The summed E-state index contributed by atoms with van der Waals surface area (Å²) in [6, 6.07) is 12.9. The van der Waals surface area contributed by atoms with E-state index in [-0.39, 0.29) is 5.95 Å². The molecule has 3 aromatic rings. The maximum absolute atomic E-state index is 9.03. The van der Waals surface area contributed by atoms with Crippen molar-refractivity contribution in [2.45, 2.75) is 6.54 Å². The third-order valence-corrected chi connectivity index (χ3v) is 4.01. The standard InChI is InChI=1S/C19H19N5O3/c1-25-15-8-14(9-16(26-2)17(15)27-3)18-22-19(21)24(23-18)11-13-6-4-5-12(7-13)10-20/h4-9H,11H2,1-3H3,(H2,21,22,23). The molecule has 0 aliphatic heterocycles. The Morgan fingerprint density at radius 3 is 2.37 bits per heavy atom. The van der Waals surface area contributed by atoms with Gasteiger partial charge in [0.05, 0.1) is 39.5 Å². The molecule has 8 heteroatoms. The minimum Gasteiger partial charge on any atom is -0.493 e. The van der Waals surface area contributed by atoms with Crippen molar-refractivity contribution in [2.24, 2.45) is 0 Å². The third-order valence-electron chi connectivity index (χ3n) is 4.01. The molecule has 0 atom stereocenters. The first-order chi connectivity index (χ1) is 13.1. The fraction of sp³-hybridized carbons (Fsp3) is 0.211. The summed E-state index contributed by atoms with van der Waals surface area (Å²) in [5.41, 5.74) is 8.20. The zero-order chi connectivity index (χ0) is 19.4. The van der Waals surface area contributed by atoms with Gasteiger partial charge in [0, 0.05) is 5.56 Å². The van der Waals surface area contributed by atoms with Gasteiger partial charge in [-0.05, 0) is 29.8 Å². The average molecular weight is 365 g/mol. The van der Waals surface area contributed by atoms with E-state index in [9.17, 15) is 0 Å². The lowest BCUT2D eigenvalue weighted by Crippen LogP contribution is -2.06. The molecule has 0 bridgehead atoms. The smallest absolute Gasteiger partial charge is 0.219 e. The van der Waals surface area contributed by atoms with E-state index < -0.39 is 0 Å². The van der Waals surface area contributed by atoms with Gasteiger partial charge >= 0.3 is 0 Å². The van der Waals surface area contributed by atoms with Gasteiger partial charge in [0.15, 0.2) is 17.3 Å². The highest BCUT2D eigenvalue weighted by Gasteiger charge is 2.17. The van der Waals surface area contributed by atoms with Crippen LogP contribution in [0.2, 0.25) is 0 Å². The molecular weight excluding hydrogens is 346 g/mol. The summed E-state index contributed by atoms with van der Waals surface area (Å²) in [6.45, 7) is 0.402. The van der Waals surface area contributed by atoms with E-state index >= 15 is 0 Å². The highest BCUT2D eigenvalue weighted by molar-refractivity contribution is 5.67. The Balaban J connectivity index is 1.97. The maximum Gasteiger partial charge on any atom is 0.219 e. The van der Waals surface area contributed by atoms with E-state index in [1.807, 2.05) is 12.1 Å². The number of anilines is 1. The zero-order valence-corrected chi connectivity index (χ0v) is 15.3. The fourth-order valence-electron chi connectivity index (χ4n) is 2.72. The number of hydrogen-bond donors (Lipinski definition) is 1. The molecule has 138 valence electrons. The average Bonchev–Trinajstić information content (AvgIpc) is 3.07. The van der Waals surface area contributed by atoms with Crippen molar-refractivity contribution in [1.29, 1.82) is 5.26 Å². The van der Waals surface area contributed by atoms with Gasteiger partial charge in [-0.2, -0.15) is 10.2 Å². The molecule has 0 spiro atoms. The first-order valence-electron chi connectivity index (χ1n) is 8.09. The van der Waals surface area contributed by atoms with E-state index in [2.05, 4.69) is 16.2 Å². The summed E-state index contributed by atoms with van der Waals surface area (Å²) in [7, 11) is 4.63. The Bertz CT molecular complexity index is 982. The van der Waals surface area contributed by atoms with Crippen LogP contribution in [-0.4, -0.2) is 36.1 Å². The first-order valence-corrected chi connectivity index (χ1v) is 8.09. The third kappa shape index (κ3) is 3.62. The van der Waals surface area contributed by atoms with Crippen LogP contribution in [0.5, 0.6) is 17.2 Å². The number of nitrogen functional groups attached to an aromatic ring is 1. The van der Waals surface area contributed by atoms with Gasteiger partial charge in [-0.1, -0.05) is 12.1 Å². The van der Waals surface area contributed by atoms with Crippen LogP contribution in [0.3, 0.4) is 0 Å². The van der Waals surface area contributed by atoms with Crippen LogP contribution >= 0.6 is 0 Å². The fourth-order valence-corrected chi connectivity index (χ4v) is 2.72. The van der Waals surface area contributed by atoms with E-state index in [1.54, 1.807) is 50.3 Å². The summed E-state index contributed by atoms with van der Waals surface area (Å²) in [6.07, 6.45) is 0. The van der Waals surface area contributed by atoms with E-state index in [1.165, 1.54) is 0 Å². The minimum atomic E-state index is 0.265. The van der Waals surface area contributed by atoms with Crippen LogP contribution in [-0.2, 0) is 6.54 Å².